The summed E-state index contributed by atoms with van der Waals surface area (Å²) >= 11 is 0. The van der Waals surface area contributed by atoms with Crippen LogP contribution in [-0.2, 0) is 21.2 Å². The van der Waals surface area contributed by atoms with Gasteiger partial charge in [0, 0.05) is 25.7 Å². The zero-order chi connectivity index (χ0) is 18.9. The van der Waals surface area contributed by atoms with Crippen molar-refractivity contribution < 1.29 is 13.2 Å². The molecule has 0 unspecified atom stereocenters. The lowest BCUT2D eigenvalue weighted by Crippen LogP contribution is -2.41. The fourth-order valence-corrected chi connectivity index (χ4v) is 5.65. The number of likely N-dealkylation sites (tertiary alicyclic amines) is 1. The summed E-state index contributed by atoms with van der Waals surface area (Å²) in [6.45, 7) is 1.48. The van der Waals surface area contributed by atoms with Crippen LogP contribution in [0.2, 0.25) is 0 Å². The second kappa shape index (κ2) is 7.44. The van der Waals surface area contributed by atoms with E-state index in [0.29, 0.717) is 24.5 Å². The van der Waals surface area contributed by atoms with E-state index in [2.05, 4.69) is 10.2 Å². The van der Waals surface area contributed by atoms with Crippen LogP contribution in [0.3, 0.4) is 0 Å². The summed E-state index contributed by atoms with van der Waals surface area (Å²) in [5.74, 6) is -0.669. The minimum Gasteiger partial charge on any atom is -0.353 e. The predicted molar refractivity (Wildman–Crippen MR) is 104 cm³/mol. The van der Waals surface area contributed by atoms with Crippen molar-refractivity contribution in [3.8, 4) is 0 Å². The van der Waals surface area contributed by atoms with Gasteiger partial charge in [-0.1, -0.05) is 48.5 Å². The fourth-order valence-electron chi connectivity index (χ4n) is 3.71. The van der Waals surface area contributed by atoms with Crippen LogP contribution >= 0.6 is 0 Å². The van der Waals surface area contributed by atoms with Gasteiger partial charge in [-0.3, -0.25) is 9.69 Å². The van der Waals surface area contributed by atoms with E-state index in [1.54, 1.807) is 30.3 Å². The Balaban J connectivity index is 1.58. The smallest absolute Gasteiger partial charge is 0.226 e. The number of carbonyl (C=O) groups is 1. The van der Waals surface area contributed by atoms with E-state index in [1.165, 1.54) is 0 Å². The molecular weight excluding hydrogens is 360 g/mol. The molecule has 1 aliphatic heterocycles. The molecule has 5 nitrogen and oxygen atoms in total. The van der Waals surface area contributed by atoms with Crippen LogP contribution in [0, 0.1) is 5.92 Å². The number of sulfone groups is 1. The average Bonchev–Trinajstić information content (AvgIpc) is 3.39. The highest BCUT2D eigenvalue weighted by Crippen LogP contribution is 2.31. The molecule has 1 heterocycles. The zero-order valence-electron chi connectivity index (χ0n) is 15.1. The molecule has 6 heteroatoms. The maximum absolute atomic E-state index is 13.2. The number of hydrogen-bond acceptors (Lipinski definition) is 4. The number of rotatable bonds is 6. The third kappa shape index (κ3) is 4.06. The molecule has 2 aliphatic rings. The molecule has 1 saturated carbocycles. The van der Waals surface area contributed by atoms with Gasteiger partial charge in [0.15, 0.2) is 9.84 Å². The monoisotopic (exact) mass is 384 g/mol. The highest BCUT2D eigenvalue weighted by Gasteiger charge is 2.46. The van der Waals surface area contributed by atoms with Crippen LogP contribution < -0.4 is 5.32 Å². The molecule has 2 aromatic rings. The van der Waals surface area contributed by atoms with Gasteiger partial charge >= 0.3 is 0 Å². The third-order valence-electron chi connectivity index (χ3n) is 5.32. The molecule has 0 radical (unpaired) electrons. The number of nitrogens with one attached hydrogen (secondary N) is 1. The summed E-state index contributed by atoms with van der Waals surface area (Å²) in [4.78, 5) is 15.2. The molecule has 1 saturated heterocycles. The first-order chi connectivity index (χ1) is 13.0. The van der Waals surface area contributed by atoms with E-state index >= 15 is 0 Å². The first-order valence-electron chi connectivity index (χ1n) is 9.39. The Morgan fingerprint density at radius 2 is 1.59 bits per heavy atom. The first-order valence-corrected chi connectivity index (χ1v) is 10.9. The van der Waals surface area contributed by atoms with Gasteiger partial charge in [0.2, 0.25) is 5.91 Å². The summed E-state index contributed by atoms with van der Waals surface area (Å²) in [5.41, 5.74) is 1.12. The largest absolute Gasteiger partial charge is 0.353 e. The Morgan fingerprint density at radius 3 is 2.22 bits per heavy atom. The molecule has 1 amide bonds. The summed E-state index contributed by atoms with van der Waals surface area (Å²) in [5, 5.41) is 2.28. The van der Waals surface area contributed by atoms with Crippen molar-refractivity contribution in [1.29, 1.82) is 0 Å². The molecule has 0 aromatic heterocycles. The first kappa shape index (κ1) is 18.2. The number of benzene rings is 2. The average molecular weight is 385 g/mol. The van der Waals surface area contributed by atoms with Gasteiger partial charge in [-0.05, 0) is 30.5 Å². The Labute approximate surface area is 160 Å². The Morgan fingerprint density at radius 1 is 0.963 bits per heavy atom. The third-order valence-corrected chi connectivity index (χ3v) is 7.53. The van der Waals surface area contributed by atoms with Gasteiger partial charge < -0.3 is 5.32 Å². The van der Waals surface area contributed by atoms with Crippen LogP contribution in [0.25, 0.3) is 0 Å². The van der Waals surface area contributed by atoms with Gasteiger partial charge in [0.25, 0.3) is 0 Å². The van der Waals surface area contributed by atoms with Crippen LogP contribution in [0.15, 0.2) is 65.6 Å². The standard InChI is InChI=1S/C21H24N2O3S/c24-21(22-17-11-12-17)19-14-23(13-16-7-3-1-4-8-16)15-20(19)27(25,26)18-9-5-2-6-10-18/h1-10,17,19-20H,11-15H2,(H,22,24)/t19-,20-/m1/s1. The lowest BCUT2D eigenvalue weighted by atomic mass is 10.1. The maximum atomic E-state index is 13.2. The minimum atomic E-state index is -3.58. The maximum Gasteiger partial charge on any atom is 0.226 e. The Kier molecular flexibility index (Phi) is 5.02. The van der Waals surface area contributed by atoms with Crippen LogP contribution in [0.5, 0.6) is 0 Å². The quantitative estimate of drug-likeness (QED) is 0.830. The van der Waals surface area contributed by atoms with E-state index in [4.69, 9.17) is 0 Å². The van der Waals surface area contributed by atoms with E-state index < -0.39 is 21.0 Å². The van der Waals surface area contributed by atoms with E-state index in [9.17, 15) is 13.2 Å². The Hall–Kier alpha value is -2.18. The molecule has 27 heavy (non-hydrogen) atoms. The number of amides is 1. The second-order valence-electron chi connectivity index (χ2n) is 7.47. The highest BCUT2D eigenvalue weighted by molar-refractivity contribution is 7.92. The number of carbonyl (C=O) groups excluding carboxylic acids is 1. The molecule has 2 fully saturated rings. The van der Waals surface area contributed by atoms with Gasteiger partial charge in [-0.2, -0.15) is 0 Å². The summed E-state index contributed by atoms with van der Waals surface area (Å²) < 4.78 is 26.5. The molecule has 0 bridgehead atoms. The van der Waals surface area contributed by atoms with Gasteiger partial charge in [-0.15, -0.1) is 0 Å². The lowest BCUT2D eigenvalue weighted by Gasteiger charge is -2.18. The van der Waals surface area contributed by atoms with E-state index in [1.807, 2.05) is 30.3 Å². The topological polar surface area (TPSA) is 66.5 Å². The molecule has 142 valence electrons. The molecule has 2 aromatic carbocycles. The minimum absolute atomic E-state index is 0.127. The van der Waals surface area contributed by atoms with Crippen LogP contribution in [0.4, 0.5) is 0 Å². The van der Waals surface area contributed by atoms with Crippen molar-refractivity contribution in [1.82, 2.24) is 10.2 Å². The van der Waals surface area contributed by atoms with Crippen molar-refractivity contribution >= 4 is 15.7 Å². The predicted octanol–water partition coefficient (Wildman–Crippen LogP) is 2.24. The van der Waals surface area contributed by atoms with E-state index in [-0.39, 0.29) is 11.9 Å². The molecule has 4 rings (SSSR count). The van der Waals surface area contributed by atoms with Crippen molar-refractivity contribution in [3.05, 3.63) is 66.2 Å². The highest BCUT2D eigenvalue weighted by atomic mass is 32.2. The lowest BCUT2D eigenvalue weighted by molar-refractivity contribution is -0.124. The van der Waals surface area contributed by atoms with Gasteiger partial charge in [0.1, 0.15) is 0 Å². The second-order valence-corrected chi connectivity index (χ2v) is 9.63. The van der Waals surface area contributed by atoms with Crippen LogP contribution in [0.1, 0.15) is 18.4 Å². The summed E-state index contributed by atoms with van der Waals surface area (Å²) in [6.07, 6.45) is 1.98. The van der Waals surface area contributed by atoms with Crippen LogP contribution in [-0.4, -0.2) is 43.6 Å². The molecule has 2 atom stereocenters. The normalized spacial score (nSPS) is 23.3. The van der Waals surface area contributed by atoms with Crippen molar-refractivity contribution in [3.63, 3.8) is 0 Å². The SMILES string of the molecule is O=C(NC1CC1)[C@@H]1CN(Cc2ccccc2)C[C@H]1S(=O)(=O)c1ccccc1. The molecule has 0 spiro atoms. The van der Waals surface area contributed by atoms with Crippen molar-refractivity contribution in [2.45, 2.75) is 35.6 Å². The zero-order valence-corrected chi connectivity index (χ0v) is 15.9. The van der Waals surface area contributed by atoms with Gasteiger partial charge in [0.05, 0.1) is 16.1 Å². The van der Waals surface area contributed by atoms with E-state index in [0.717, 1.165) is 18.4 Å². The summed E-state index contributed by atoms with van der Waals surface area (Å²) in [6, 6.07) is 18.7. The molecular formula is C21H24N2O3S. The van der Waals surface area contributed by atoms with Crippen molar-refractivity contribution in [2.24, 2.45) is 5.92 Å². The molecule has 1 N–H and O–H groups in total. The molecule has 1 aliphatic carbocycles. The Bertz CT molecular complexity index is 896. The van der Waals surface area contributed by atoms with Crippen molar-refractivity contribution in [2.75, 3.05) is 13.1 Å². The van der Waals surface area contributed by atoms with Gasteiger partial charge in [-0.25, -0.2) is 8.42 Å². The fraction of sp³-hybridized carbons (Fsp3) is 0.381. The number of nitrogens with zero attached hydrogens (tertiary/aromatic N) is 1. The number of hydrogen-bond donors (Lipinski definition) is 1. The summed E-state index contributed by atoms with van der Waals surface area (Å²) in [7, 11) is -3.58.